The van der Waals surface area contributed by atoms with Gasteiger partial charge in [-0.1, -0.05) is 6.92 Å². The fourth-order valence-corrected chi connectivity index (χ4v) is 1.12. The smallest absolute Gasteiger partial charge is 0.327 e. The molecule has 2 N–H and O–H groups in total. The van der Waals surface area contributed by atoms with E-state index < -0.39 is 12.0 Å². The largest absolute Gasteiger partial charge is 0.480 e. The molecule has 1 amide bonds. The van der Waals surface area contributed by atoms with Gasteiger partial charge in [0.05, 0.1) is 0 Å². The first-order chi connectivity index (χ1) is 5.97. The van der Waals surface area contributed by atoms with Crippen molar-refractivity contribution in [2.24, 2.45) is 0 Å². The highest BCUT2D eigenvalue weighted by Gasteiger charge is 2.18. The van der Waals surface area contributed by atoms with Gasteiger partial charge in [0.15, 0.2) is 0 Å². The van der Waals surface area contributed by atoms with Gasteiger partial charge in [0.25, 0.3) is 0 Å². The van der Waals surface area contributed by atoms with E-state index in [1.54, 1.807) is 6.92 Å². The van der Waals surface area contributed by atoms with Crippen molar-refractivity contribution in [3.63, 3.8) is 0 Å². The highest BCUT2D eigenvalue weighted by atomic mass is 32.1. The highest BCUT2D eigenvalue weighted by molar-refractivity contribution is 7.81. The molecule has 0 aromatic carbocycles. The van der Waals surface area contributed by atoms with Gasteiger partial charge in [-0.3, -0.25) is 4.79 Å². The maximum Gasteiger partial charge on any atom is 0.327 e. The predicted octanol–water partition coefficient (Wildman–Crippen LogP) is 0.194. The third-order valence-corrected chi connectivity index (χ3v) is 1.84. The molecule has 0 fully saturated rings. The second-order valence-electron chi connectivity index (χ2n) is 2.69. The molecule has 2 unspecified atom stereocenters. The number of carboxylic acids is 1. The standard InChI is InChI=1S/C7H13NO3S2/c1-4(13)2-6(9)8-5(3-12)7(10)11/h4-5,12-13H,2-3H2,1H3,(H,8,9)(H,10,11). The van der Waals surface area contributed by atoms with Crippen LogP contribution in [-0.2, 0) is 9.59 Å². The van der Waals surface area contributed by atoms with E-state index in [-0.39, 0.29) is 23.3 Å². The van der Waals surface area contributed by atoms with Crippen LogP contribution >= 0.6 is 25.3 Å². The first-order valence-corrected chi connectivity index (χ1v) is 4.93. The molecule has 0 spiro atoms. The van der Waals surface area contributed by atoms with Crippen LogP contribution in [0.1, 0.15) is 13.3 Å². The number of carbonyl (C=O) groups is 2. The Labute approximate surface area is 87.9 Å². The van der Waals surface area contributed by atoms with Crippen molar-refractivity contribution in [2.45, 2.75) is 24.6 Å². The summed E-state index contributed by atoms with van der Waals surface area (Å²) in [5.74, 6) is -1.30. The molecule has 0 aliphatic carbocycles. The van der Waals surface area contributed by atoms with Gasteiger partial charge < -0.3 is 10.4 Å². The first kappa shape index (κ1) is 12.6. The number of hydrogen-bond donors (Lipinski definition) is 4. The monoisotopic (exact) mass is 223 g/mol. The lowest BCUT2D eigenvalue weighted by atomic mass is 10.3. The Bertz CT molecular complexity index is 196. The van der Waals surface area contributed by atoms with Crippen molar-refractivity contribution in [1.29, 1.82) is 0 Å². The number of thiol groups is 2. The van der Waals surface area contributed by atoms with Crippen molar-refractivity contribution in [1.82, 2.24) is 5.32 Å². The van der Waals surface area contributed by atoms with E-state index in [1.165, 1.54) is 0 Å². The number of nitrogens with one attached hydrogen (secondary N) is 1. The lowest BCUT2D eigenvalue weighted by Gasteiger charge is -2.12. The quantitative estimate of drug-likeness (QED) is 0.503. The van der Waals surface area contributed by atoms with Crippen molar-refractivity contribution in [2.75, 3.05) is 5.75 Å². The zero-order chi connectivity index (χ0) is 10.4. The van der Waals surface area contributed by atoms with E-state index in [2.05, 4.69) is 30.6 Å². The number of rotatable bonds is 5. The molecule has 0 aromatic rings. The molecule has 0 rings (SSSR count). The number of carboxylic acid groups (broad SMARTS) is 1. The summed E-state index contributed by atoms with van der Waals surface area (Å²) in [7, 11) is 0. The summed E-state index contributed by atoms with van der Waals surface area (Å²) >= 11 is 7.82. The van der Waals surface area contributed by atoms with E-state index >= 15 is 0 Å². The summed E-state index contributed by atoms with van der Waals surface area (Å²) < 4.78 is 0. The van der Waals surface area contributed by atoms with E-state index in [4.69, 9.17) is 5.11 Å². The topological polar surface area (TPSA) is 66.4 Å². The molecule has 0 saturated carbocycles. The summed E-state index contributed by atoms with van der Waals surface area (Å²) in [5.41, 5.74) is 0. The summed E-state index contributed by atoms with van der Waals surface area (Å²) in [6.07, 6.45) is 0.209. The molecule has 0 bridgehead atoms. The molecule has 4 nitrogen and oxygen atoms in total. The maximum atomic E-state index is 11.1. The van der Waals surface area contributed by atoms with Crippen LogP contribution in [-0.4, -0.2) is 34.0 Å². The van der Waals surface area contributed by atoms with Crippen LogP contribution < -0.4 is 5.32 Å². The number of amides is 1. The summed E-state index contributed by atoms with van der Waals surface area (Å²) in [4.78, 5) is 21.5. The van der Waals surface area contributed by atoms with Gasteiger partial charge in [0.1, 0.15) is 6.04 Å². The normalized spacial score (nSPS) is 14.7. The number of hydrogen-bond acceptors (Lipinski definition) is 4. The zero-order valence-corrected chi connectivity index (χ0v) is 9.02. The van der Waals surface area contributed by atoms with Gasteiger partial charge in [-0.05, 0) is 0 Å². The van der Waals surface area contributed by atoms with Gasteiger partial charge in [0.2, 0.25) is 5.91 Å². The molecule has 13 heavy (non-hydrogen) atoms. The SMILES string of the molecule is CC(S)CC(=O)NC(CS)C(=O)O. The lowest BCUT2D eigenvalue weighted by molar-refractivity contribution is -0.141. The fraction of sp³-hybridized carbons (Fsp3) is 0.714. The second-order valence-corrected chi connectivity index (χ2v) is 3.94. The average Bonchev–Trinajstić information content (AvgIpc) is 1.98. The third-order valence-electron chi connectivity index (χ3n) is 1.30. The van der Waals surface area contributed by atoms with Crippen molar-refractivity contribution >= 4 is 37.1 Å². The fourth-order valence-electron chi connectivity index (χ4n) is 0.707. The van der Waals surface area contributed by atoms with Gasteiger partial charge in [-0.25, -0.2) is 4.79 Å². The third kappa shape index (κ3) is 5.81. The molecular formula is C7H13NO3S2. The Balaban J connectivity index is 3.94. The van der Waals surface area contributed by atoms with Crippen LogP contribution in [0.5, 0.6) is 0 Å². The molecule has 76 valence electrons. The molecule has 0 saturated heterocycles. The summed E-state index contributed by atoms with van der Waals surface area (Å²) in [6.45, 7) is 1.76. The molecule has 0 heterocycles. The summed E-state index contributed by atoms with van der Waals surface area (Å²) in [6, 6.07) is -0.914. The molecule has 6 heteroatoms. The first-order valence-electron chi connectivity index (χ1n) is 3.78. The van der Waals surface area contributed by atoms with Crippen LogP contribution in [0.3, 0.4) is 0 Å². The minimum atomic E-state index is -1.07. The van der Waals surface area contributed by atoms with E-state index in [0.717, 1.165) is 0 Å². The molecule has 2 atom stereocenters. The second kappa shape index (κ2) is 6.15. The Morgan fingerprint density at radius 3 is 2.38 bits per heavy atom. The van der Waals surface area contributed by atoms with Crippen LogP contribution in [0.4, 0.5) is 0 Å². The minimum absolute atomic E-state index is 0.0747. The molecule has 0 radical (unpaired) electrons. The number of carbonyl (C=O) groups excluding carboxylic acids is 1. The Morgan fingerprint density at radius 1 is 1.54 bits per heavy atom. The lowest BCUT2D eigenvalue weighted by Crippen LogP contribution is -2.42. The summed E-state index contributed by atoms with van der Waals surface area (Å²) in [5, 5.41) is 10.8. The highest BCUT2D eigenvalue weighted by Crippen LogP contribution is 1.99. The average molecular weight is 223 g/mol. The molecular weight excluding hydrogens is 210 g/mol. The molecule has 0 aliphatic rings. The van der Waals surface area contributed by atoms with Crippen molar-refractivity contribution in [3.05, 3.63) is 0 Å². The van der Waals surface area contributed by atoms with Crippen LogP contribution in [0.15, 0.2) is 0 Å². The molecule has 0 aliphatic heterocycles. The van der Waals surface area contributed by atoms with E-state index in [9.17, 15) is 9.59 Å². The van der Waals surface area contributed by atoms with Gasteiger partial charge in [-0.2, -0.15) is 25.3 Å². The van der Waals surface area contributed by atoms with E-state index in [1.807, 2.05) is 0 Å². The van der Waals surface area contributed by atoms with Crippen LogP contribution in [0.25, 0.3) is 0 Å². The zero-order valence-electron chi connectivity index (χ0n) is 7.23. The minimum Gasteiger partial charge on any atom is -0.480 e. The van der Waals surface area contributed by atoms with Gasteiger partial charge in [0, 0.05) is 17.4 Å². The maximum absolute atomic E-state index is 11.1. The molecule has 0 aromatic heterocycles. The van der Waals surface area contributed by atoms with Crippen LogP contribution in [0, 0.1) is 0 Å². The van der Waals surface area contributed by atoms with Crippen molar-refractivity contribution < 1.29 is 14.7 Å². The number of aliphatic carboxylic acids is 1. The Kier molecular flexibility index (Phi) is 5.98. The Hall–Kier alpha value is -0.360. The Morgan fingerprint density at radius 2 is 2.08 bits per heavy atom. The van der Waals surface area contributed by atoms with E-state index in [0.29, 0.717) is 0 Å². The van der Waals surface area contributed by atoms with Gasteiger partial charge in [-0.15, -0.1) is 0 Å². The van der Waals surface area contributed by atoms with Crippen molar-refractivity contribution in [3.8, 4) is 0 Å². The van der Waals surface area contributed by atoms with Gasteiger partial charge >= 0.3 is 5.97 Å². The van der Waals surface area contributed by atoms with Crippen LogP contribution in [0.2, 0.25) is 0 Å². The predicted molar refractivity (Wildman–Crippen MR) is 56.5 cm³/mol.